The summed E-state index contributed by atoms with van der Waals surface area (Å²) in [7, 11) is 0. The first-order valence-corrected chi connectivity index (χ1v) is 23.5. The van der Waals surface area contributed by atoms with E-state index in [4.69, 9.17) is 15.2 Å². The van der Waals surface area contributed by atoms with Crippen LogP contribution in [0.2, 0.25) is 0 Å². The van der Waals surface area contributed by atoms with Gasteiger partial charge in [0.05, 0.1) is 38.1 Å². The molecule has 0 spiro atoms. The van der Waals surface area contributed by atoms with E-state index in [1.807, 2.05) is 0 Å². The summed E-state index contributed by atoms with van der Waals surface area (Å²) in [6.45, 7) is 7.04. The highest BCUT2D eigenvalue weighted by atomic mass is 16.7. The van der Waals surface area contributed by atoms with Crippen LogP contribution in [-0.4, -0.2) is 224 Å². The largest absolute Gasteiger partial charge is 0.394 e. The van der Waals surface area contributed by atoms with Crippen molar-refractivity contribution in [2.75, 3.05) is 32.8 Å². The fourth-order valence-electron chi connectivity index (χ4n) is 8.39. The number of nitrogens with zero attached hydrogens (tertiary/aromatic N) is 2. The Morgan fingerprint density at radius 2 is 1.24 bits per heavy atom. The molecule has 3 aliphatic rings. The molecule has 28 nitrogen and oxygen atoms in total. The molecule has 3 rings (SSSR count). The number of hydrogen-bond acceptors (Lipinski definition) is 18. The molecule has 10 amide bonds. The molecule has 402 valence electrons. The van der Waals surface area contributed by atoms with Gasteiger partial charge in [-0.05, 0) is 52.4 Å². The van der Waals surface area contributed by atoms with E-state index in [0.717, 1.165) is 11.8 Å². The molecule has 0 aromatic rings. The van der Waals surface area contributed by atoms with E-state index >= 15 is 0 Å². The SMILES string of the molecule is CC[C@H](C)[C@H](NC(=O)[C@@H]1CCCN1C(=O)CNC(=O)[C@@H](NC(=O)[C@@H](NC(=O)[C@@H]1CCCN1C(C)=O)[C@@H](C)O)[C@@H](C)O[C@H]1O[C@H](CO)[C@H](O)[C@H](O)[C@H]1NC(C)=O)C(=O)N[C@@H](CO)C(=O)N[C@H](C(N)=O)[C@@H](C)O. The Labute approximate surface area is 409 Å². The van der Waals surface area contributed by atoms with Crippen molar-refractivity contribution in [1.29, 1.82) is 0 Å². The number of hydrogen-bond donors (Lipinski definition) is 14. The average molecular weight is 1020 g/mol. The standard InChI is InChI=1S/C43H72N10O18/c1-8-18(2)29(41(68)47-24(16-54)37(64)49-30(19(3)56)36(44)63)48-39(66)26-12-10-14-53(26)28(60)15-45-40(67)32(21(5)70-43-33(46-22(6)58)35(62)34(61)27(17-55)71-43)51-42(69)31(20(4)57)50-38(65)25-11-9-13-52(25)23(7)59/h18-21,24-27,29-35,43,54-57,61-62H,8-17H2,1-7H3,(H2,44,63)(H,45,67)(H,46,58)(H,47,68)(H,48,66)(H,49,64)(H,50,65)(H,51,69)/t18-,19+,20+,21+,24-,25-,26-,27+,29-,30-,31-,32-,33+,34-,35+,43-/m0/s1. The molecular weight excluding hydrogens is 945 g/mol. The van der Waals surface area contributed by atoms with Crippen molar-refractivity contribution in [3.05, 3.63) is 0 Å². The van der Waals surface area contributed by atoms with Crippen molar-refractivity contribution >= 4 is 59.1 Å². The third-order valence-corrected chi connectivity index (χ3v) is 12.7. The minimum atomic E-state index is -1.84. The maximum atomic E-state index is 14.1. The van der Waals surface area contributed by atoms with E-state index in [2.05, 4.69) is 37.2 Å². The summed E-state index contributed by atoms with van der Waals surface area (Å²) in [6.07, 6.45) is -9.64. The van der Waals surface area contributed by atoms with Crippen molar-refractivity contribution in [3.63, 3.8) is 0 Å². The summed E-state index contributed by atoms with van der Waals surface area (Å²) < 4.78 is 11.6. The Morgan fingerprint density at radius 3 is 1.75 bits per heavy atom. The first kappa shape index (κ1) is 59.7. The number of ether oxygens (including phenoxy) is 2. The van der Waals surface area contributed by atoms with Gasteiger partial charge >= 0.3 is 0 Å². The zero-order chi connectivity index (χ0) is 53.6. The van der Waals surface area contributed by atoms with Gasteiger partial charge in [0.1, 0.15) is 66.6 Å². The smallest absolute Gasteiger partial charge is 0.245 e. The summed E-state index contributed by atoms with van der Waals surface area (Å²) in [5, 5.41) is 78.3. The van der Waals surface area contributed by atoms with Crippen LogP contribution in [0.25, 0.3) is 0 Å². The Balaban J connectivity index is 1.85. The lowest BCUT2D eigenvalue weighted by Crippen LogP contribution is -2.66. The summed E-state index contributed by atoms with van der Waals surface area (Å²) in [4.78, 5) is 134. The number of carbonyl (C=O) groups excluding carboxylic acids is 10. The molecule has 3 aliphatic heterocycles. The van der Waals surface area contributed by atoms with Crippen molar-refractivity contribution in [3.8, 4) is 0 Å². The summed E-state index contributed by atoms with van der Waals surface area (Å²) >= 11 is 0. The van der Waals surface area contributed by atoms with Crippen LogP contribution in [0.4, 0.5) is 0 Å². The number of likely N-dealkylation sites (tertiary alicyclic amines) is 2. The average Bonchev–Trinajstić information content (AvgIpc) is 4.02. The molecule has 0 radical (unpaired) electrons. The molecule has 0 unspecified atom stereocenters. The minimum Gasteiger partial charge on any atom is -0.394 e. The van der Waals surface area contributed by atoms with E-state index in [1.54, 1.807) is 13.8 Å². The molecule has 71 heavy (non-hydrogen) atoms. The van der Waals surface area contributed by atoms with E-state index in [0.29, 0.717) is 19.3 Å². The van der Waals surface area contributed by atoms with Gasteiger partial charge in [-0.1, -0.05) is 20.3 Å². The van der Waals surface area contributed by atoms with E-state index < -0.39 is 176 Å². The lowest BCUT2D eigenvalue weighted by Gasteiger charge is -2.43. The number of aliphatic hydroxyl groups is 6. The summed E-state index contributed by atoms with van der Waals surface area (Å²) in [5.41, 5.74) is 5.24. The van der Waals surface area contributed by atoms with Crippen LogP contribution >= 0.6 is 0 Å². The van der Waals surface area contributed by atoms with Crippen LogP contribution in [0.15, 0.2) is 0 Å². The van der Waals surface area contributed by atoms with Crippen molar-refractivity contribution < 1.29 is 88.1 Å². The van der Waals surface area contributed by atoms with Gasteiger partial charge in [0.15, 0.2) is 6.29 Å². The highest BCUT2D eigenvalue weighted by Gasteiger charge is 2.48. The van der Waals surface area contributed by atoms with Gasteiger partial charge in [-0.2, -0.15) is 0 Å². The number of carbonyl (C=O) groups is 10. The molecule has 15 N–H and O–H groups in total. The number of aliphatic hydroxyl groups excluding tert-OH is 6. The molecule has 0 saturated carbocycles. The van der Waals surface area contributed by atoms with Crippen LogP contribution in [0.5, 0.6) is 0 Å². The fourth-order valence-corrected chi connectivity index (χ4v) is 8.39. The van der Waals surface area contributed by atoms with E-state index in [1.165, 1.54) is 32.6 Å². The molecule has 0 bridgehead atoms. The Kier molecular flexibility index (Phi) is 22.9. The zero-order valence-electron chi connectivity index (χ0n) is 40.9. The Hall–Kier alpha value is -5.62. The van der Waals surface area contributed by atoms with Crippen LogP contribution in [0, 0.1) is 5.92 Å². The van der Waals surface area contributed by atoms with Crippen molar-refractivity contribution in [1.82, 2.24) is 47.0 Å². The molecule has 0 aromatic carbocycles. The van der Waals surface area contributed by atoms with Gasteiger partial charge in [0.2, 0.25) is 59.1 Å². The maximum absolute atomic E-state index is 14.1. The number of nitrogens with one attached hydrogen (secondary N) is 7. The lowest BCUT2D eigenvalue weighted by atomic mass is 9.96. The van der Waals surface area contributed by atoms with Crippen LogP contribution in [0.1, 0.15) is 80.6 Å². The number of primary amides is 1. The van der Waals surface area contributed by atoms with Crippen LogP contribution in [-0.2, 0) is 57.4 Å². The highest BCUT2D eigenvalue weighted by molar-refractivity contribution is 5.98. The van der Waals surface area contributed by atoms with Gasteiger partial charge in [0, 0.05) is 26.9 Å². The highest BCUT2D eigenvalue weighted by Crippen LogP contribution is 2.25. The topological polar surface area (TPSA) is 427 Å². The Bertz CT molecular complexity index is 1930. The second-order valence-electron chi connectivity index (χ2n) is 18.1. The molecule has 3 heterocycles. The van der Waals surface area contributed by atoms with Crippen LogP contribution < -0.4 is 43.0 Å². The second kappa shape index (κ2) is 27.3. The zero-order valence-corrected chi connectivity index (χ0v) is 40.9. The molecule has 28 heteroatoms. The summed E-state index contributed by atoms with van der Waals surface area (Å²) in [6, 6.07) is -11.7. The third-order valence-electron chi connectivity index (χ3n) is 12.7. The number of rotatable bonds is 24. The van der Waals surface area contributed by atoms with Crippen molar-refractivity contribution in [2.45, 2.75) is 172 Å². The molecule has 0 aliphatic carbocycles. The monoisotopic (exact) mass is 1020 g/mol. The lowest BCUT2D eigenvalue weighted by molar-refractivity contribution is -0.281. The molecule has 0 aromatic heterocycles. The molecule has 16 atom stereocenters. The van der Waals surface area contributed by atoms with E-state index in [9.17, 15) is 78.6 Å². The second-order valence-corrected chi connectivity index (χ2v) is 18.1. The van der Waals surface area contributed by atoms with E-state index in [-0.39, 0.29) is 25.9 Å². The molecule has 3 fully saturated rings. The molecular formula is C43H72N10O18. The summed E-state index contributed by atoms with van der Waals surface area (Å²) in [5.74, 6) is -9.31. The predicted molar refractivity (Wildman–Crippen MR) is 243 cm³/mol. The van der Waals surface area contributed by atoms with Gasteiger partial charge in [0.25, 0.3) is 0 Å². The number of amides is 10. The van der Waals surface area contributed by atoms with Gasteiger partial charge < -0.3 is 92.9 Å². The maximum Gasteiger partial charge on any atom is 0.245 e. The quantitative estimate of drug-likeness (QED) is 0.0427. The number of nitrogens with two attached hydrogens (primary N) is 1. The first-order chi connectivity index (χ1) is 33.3. The predicted octanol–water partition coefficient (Wildman–Crippen LogP) is -7.84. The van der Waals surface area contributed by atoms with Crippen molar-refractivity contribution in [2.24, 2.45) is 11.7 Å². The minimum absolute atomic E-state index is 0.0192. The fraction of sp³-hybridized carbons (Fsp3) is 0.767. The first-order valence-electron chi connectivity index (χ1n) is 23.5. The molecule has 3 saturated heterocycles. The van der Waals surface area contributed by atoms with Gasteiger partial charge in [-0.15, -0.1) is 0 Å². The van der Waals surface area contributed by atoms with Gasteiger partial charge in [-0.3, -0.25) is 47.9 Å². The third kappa shape index (κ3) is 15.9. The van der Waals surface area contributed by atoms with Crippen LogP contribution in [0.3, 0.4) is 0 Å². The Morgan fingerprint density at radius 1 is 0.704 bits per heavy atom. The normalized spacial score (nSPS) is 25.9. The van der Waals surface area contributed by atoms with Gasteiger partial charge in [-0.25, -0.2) is 0 Å².